The highest BCUT2D eigenvalue weighted by atomic mass is 32.7. The van der Waals surface area contributed by atoms with Gasteiger partial charge in [-0.05, 0) is 5.92 Å². The summed E-state index contributed by atoms with van der Waals surface area (Å²) < 4.78 is 10.4. The Balaban J connectivity index is 2.46. The molecule has 2 atom stereocenters. The molecule has 0 spiro atoms. The van der Waals surface area contributed by atoms with E-state index in [1.54, 1.807) is 7.11 Å². The fourth-order valence-electron chi connectivity index (χ4n) is 0.903. The smallest absolute Gasteiger partial charge is 0.228 e. The molecule has 0 radical (unpaired) electrons. The van der Waals surface area contributed by atoms with Gasteiger partial charge in [0.05, 0.1) is 13.2 Å². The number of hydrogen-bond acceptors (Lipinski definition) is 4. The average Bonchev–Trinajstić information content (AvgIpc) is 2.33. The van der Waals surface area contributed by atoms with Crippen LogP contribution in [0, 0.1) is 5.92 Å². The summed E-state index contributed by atoms with van der Waals surface area (Å²) in [6, 6.07) is 0.362. The molecule has 1 rings (SSSR count). The van der Waals surface area contributed by atoms with Crippen molar-refractivity contribution in [3.63, 3.8) is 0 Å². The van der Waals surface area contributed by atoms with Crippen molar-refractivity contribution < 1.29 is 9.05 Å². The summed E-state index contributed by atoms with van der Waals surface area (Å²) >= 11 is 5.12. The fourth-order valence-corrected chi connectivity index (χ4v) is 2.91. The van der Waals surface area contributed by atoms with Crippen molar-refractivity contribution in [1.82, 2.24) is 5.09 Å². The van der Waals surface area contributed by atoms with Gasteiger partial charge in [0.15, 0.2) is 0 Å². The Bertz CT molecular complexity index is 147. The zero-order chi connectivity index (χ0) is 8.48. The Hall–Kier alpha value is 0.660. The minimum atomic E-state index is -2.08. The maximum absolute atomic E-state index is 5.36. The summed E-state index contributed by atoms with van der Waals surface area (Å²) in [7, 11) is -0.484. The van der Waals surface area contributed by atoms with E-state index in [1.807, 2.05) is 0 Å². The molecule has 5 heteroatoms. The molecular weight excluding hydrogens is 181 g/mol. The third kappa shape index (κ3) is 2.30. The summed E-state index contributed by atoms with van der Waals surface area (Å²) in [4.78, 5) is 0. The second kappa shape index (κ2) is 3.58. The molecule has 0 aromatic carbocycles. The highest BCUT2D eigenvalue weighted by Gasteiger charge is 2.39. The summed E-state index contributed by atoms with van der Waals surface area (Å²) in [6.45, 7) is 4.96. The van der Waals surface area contributed by atoms with Gasteiger partial charge in [-0.1, -0.05) is 13.8 Å². The molecule has 1 aliphatic heterocycles. The predicted molar refractivity (Wildman–Crippen MR) is 49.0 cm³/mol. The standard InChI is InChI=1S/C6H14NO2PS/c1-5(2)6-4-9-10(11,7-6)8-3/h5-6H,4H2,1-3H3,(H,7,11)/t6-,10?/m0/s1. The van der Waals surface area contributed by atoms with E-state index in [0.717, 1.165) is 0 Å². The highest BCUT2D eigenvalue weighted by molar-refractivity contribution is 8.37. The van der Waals surface area contributed by atoms with Gasteiger partial charge in [0, 0.05) is 0 Å². The molecule has 1 aliphatic rings. The lowest BCUT2D eigenvalue weighted by Gasteiger charge is -2.21. The lowest BCUT2D eigenvalue weighted by atomic mass is 10.1. The molecule has 1 unspecified atom stereocenters. The van der Waals surface area contributed by atoms with Gasteiger partial charge in [-0.2, -0.15) is 5.09 Å². The van der Waals surface area contributed by atoms with Gasteiger partial charge >= 0.3 is 0 Å². The summed E-state index contributed by atoms with van der Waals surface area (Å²) in [5, 5.41) is 3.20. The van der Waals surface area contributed by atoms with Gasteiger partial charge in [0.25, 0.3) is 0 Å². The van der Waals surface area contributed by atoms with Crippen LogP contribution in [0.2, 0.25) is 0 Å². The molecule has 1 N–H and O–H groups in total. The molecule has 3 nitrogen and oxygen atoms in total. The van der Waals surface area contributed by atoms with Crippen LogP contribution in [0.15, 0.2) is 0 Å². The lowest BCUT2D eigenvalue weighted by Crippen LogP contribution is -2.28. The normalized spacial score (nSPS) is 38.5. The lowest BCUT2D eigenvalue weighted by molar-refractivity contribution is 0.287. The van der Waals surface area contributed by atoms with Crippen LogP contribution in [0.3, 0.4) is 0 Å². The van der Waals surface area contributed by atoms with Crippen LogP contribution in [-0.4, -0.2) is 19.8 Å². The van der Waals surface area contributed by atoms with Crippen LogP contribution in [-0.2, 0) is 21.3 Å². The number of rotatable bonds is 2. The van der Waals surface area contributed by atoms with E-state index in [0.29, 0.717) is 18.6 Å². The molecule has 0 aromatic rings. The van der Waals surface area contributed by atoms with Crippen molar-refractivity contribution in [3.05, 3.63) is 0 Å². The van der Waals surface area contributed by atoms with Gasteiger partial charge in [-0.15, -0.1) is 0 Å². The molecule has 1 heterocycles. The van der Waals surface area contributed by atoms with Crippen molar-refractivity contribution in [2.45, 2.75) is 19.9 Å². The predicted octanol–water partition coefficient (Wildman–Crippen LogP) is 1.50. The van der Waals surface area contributed by atoms with Crippen molar-refractivity contribution in [1.29, 1.82) is 0 Å². The third-order valence-corrected chi connectivity index (χ3v) is 4.49. The first kappa shape index (κ1) is 9.75. The van der Waals surface area contributed by atoms with Crippen molar-refractivity contribution >= 4 is 19.3 Å². The van der Waals surface area contributed by atoms with Crippen LogP contribution < -0.4 is 5.09 Å². The van der Waals surface area contributed by atoms with Gasteiger partial charge in [-0.25, -0.2) is 9.05 Å². The molecule has 0 aromatic heterocycles. The van der Waals surface area contributed by atoms with E-state index < -0.39 is 7.07 Å². The maximum Gasteiger partial charge on any atom is 0.228 e. The molecule has 66 valence electrons. The van der Waals surface area contributed by atoms with Gasteiger partial charge in [-0.3, -0.25) is 0 Å². The molecule has 0 amide bonds. The van der Waals surface area contributed by atoms with Gasteiger partial charge in [0.2, 0.25) is 7.07 Å². The Kier molecular flexibility index (Phi) is 3.18. The highest BCUT2D eigenvalue weighted by Crippen LogP contribution is 2.58. The van der Waals surface area contributed by atoms with Crippen LogP contribution >= 0.6 is 7.07 Å². The Labute approximate surface area is 73.6 Å². The number of nitrogens with one attached hydrogen (secondary N) is 1. The Morgan fingerprint density at radius 2 is 2.36 bits per heavy atom. The molecule has 11 heavy (non-hydrogen) atoms. The molecule has 0 saturated carbocycles. The largest absolute Gasteiger partial charge is 0.472 e. The molecule has 1 saturated heterocycles. The maximum atomic E-state index is 5.36. The van der Waals surface area contributed by atoms with Gasteiger partial charge < -0.3 is 12.2 Å². The third-order valence-electron chi connectivity index (χ3n) is 1.79. The summed E-state index contributed by atoms with van der Waals surface area (Å²) in [5.41, 5.74) is 0. The Morgan fingerprint density at radius 1 is 1.73 bits per heavy atom. The van der Waals surface area contributed by atoms with Crippen molar-refractivity contribution in [2.75, 3.05) is 13.7 Å². The fraction of sp³-hybridized carbons (Fsp3) is 1.00. The van der Waals surface area contributed by atoms with E-state index >= 15 is 0 Å². The summed E-state index contributed by atoms with van der Waals surface area (Å²) in [5.74, 6) is 0.551. The van der Waals surface area contributed by atoms with E-state index in [1.165, 1.54) is 0 Å². The van der Waals surface area contributed by atoms with Crippen molar-refractivity contribution in [3.8, 4) is 0 Å². The molecule has 0 bridgehead atoms. The zero-order valence-corrected chi connectivity index (χ0v) is 8.74. The van der Waals surface area contributed by atoms with E-state index in [9.17, 15) is 0 Å². The topological polar surface area (TPSA) is 30.5 Å². The summed E-state index contributed by atoms with van der Waals surface area (Å²) in [6.07, 6.45) is 0. The molecule has 0 aliphatic carbocycles. The van der Waals surface area contributed by atoms with Crippen LogP contribution in [0.4, 0.5) is 0 Å². The molecule has 1 fully saturated rings. The quantitative estimate of drug-likeness (QED) is 0.534. The monoisotopic (exact) mass is 195 g/mol. The second-order valence-corrected chi connectivity index (χ2v) is 6.27. The van der Waals surface area contributed by atoms with Crippen LogP contribution in [0.5, 0.6) is 0 Å². The zero-order valence-electron chi connectivity index (χ0n) is 7.03. The van der Waals surface area contributed by atoms with E-state index in [2.05, 4.69) is 18.9 Å². The van der Waals surface area contributed by atoms with Crippen LogP contribution in [0.25, 0.3) is 0 Å². The van der Waals surface area contributed by atoms with Crippen LogP contribution in [0.1, 0.15) is 13.8 Å². The van der Waals surface area contributed by atoms with E-state index in [4.69, 9.17) is 21.3 Å². The molecular formula is C6H14NO2PS. The average molecular weight is 195 g/mol. The van der Waals surface area contributed by atoms with E-state index in [-0.39, 0.29) is 0 Å². The first-order valence-corrected chi connectivity index (χ1v) is 6.29. The SMILES string of the molecule is CO[P+]1([S-])N[C@H](C(C)C)CO1. The Morgan fingerprint density at radius 3 is 2.64 bits per heavy atom. The first-order valence-electron chi connectivity index (χ1n) is 3.65. The minimum Gasteiger partial charge on any atom is -0.472 e. The second-order valence-electron chi connectivity index (χ2n) is 2.96. The number of hydrogen-bond donors (Lipinski definition) is 1. The minimum absolute atomic E-state index is 0.362. The first-order chi connectivity index (χ1) is 5.07. The van der Waals surface area contributed by atoms with Gasteiger partial charge in [0.1, 0.15) is 6.61 Å². The van der Waals surface area contributed by atoms with Crippen molar-refractivity contribution in [2.24, 2.45) is 5.92 Å².